The molecule has 3 aliphatic heterocycles. The molecular formula is C22H34N8O2. The minimum atomic E-state index is -0.434. The predicted octanol–water partition coefficient (Wildman–Crippen LogP) is 1.66. The molecular weight excluding hydrogens is 408 g/mol. The maximum atomic E-state index is 12.1. The van der Waals surface area contributed by atoms with Crippen LogP contribution in [0.15, 0.2) is 6.33 Å². The average molecular weight is 443 g/mol. The number of piperidine rings is 1. The molecule has 0 saturated carbocycles. The molecule has 2 N–H and O–H groups in total. The van der Waals surface area contributed by atoms with E-state index in [-0.39, 0.29) is 6.09 Å². The van der Waals surface area contributed by atoms with Crippen LogP contribution in [-0.4, -0.2) is 97.5 Å². The number of aromatic nitrogens is 4. The quantitative estimate of drug-likeness (QED) is 0.765. The summed E-state index contributed by atoms with van der Waals surface area (Å²) in [6.07, 6.45) is 3.46. The molecule has 3 aliphatic rings. The monoisotopic (exact) mass is 442 g/mol. The van der Waals surface area contributed by atoms with E-state index in [1.165, 1.54) is 6.33 Å². The lowest BCUT2D eigenvalue weighted by Crippen LogP contribution is -2.70. The molecule has 0 unspecified atom stereocenters. The fourth-order valence-corrected chi connectivity index (χ4v) is 5.10. The Morgan fingerprint density at radius 3 is 2.34 bits per heavy atom. The van der Waals surface area contributed by atoms with Crippen molar-refractivity contribution < 1.29 is 9.53 Å². The Morgan fingerprint density at radius 2 is 1.69 bits per heavy atom. The molecule has 0 bridgehead atoms. The summed E-state index contributed by atoms with van der Waals surface area (Å²) in [6.45, 7) is 13.6. The predicted molar refractivity (Wildman–Crippen MR) is 121 cm³/mol. The lowest BCUT2D eigenvalue weighted by Gasteiger charge is -2.54. The van der Waals surface area contributed by atoms with Gasteiger partial charge in [-0.25, -0.2) is 19.4 Å². The summed E-state index contributed by atoms with van der Waals surface area (Å²) in [5, 5.41) is 5.62. The zero-order valence-electron chi connectivity index (χ0n) is 19.5. The summed E-state index contributed by atoms with van der Waals surface area (Å²) < 4.78 is 7.52. The third-order valence-electron chi connectivity index (χ3n) is 6.98. The van der Waals surface area contributed by atoms with Crippen molar-refractivity contribution in [1.82, 2.24) is 34.4 Å². The van der Waals surface area contributed by atoms with Gasteiger partial charge in [0.05, 0.1) is 17.1 Å². The first kappa shape index (κ1) is 21.4. The SMILES string of the molecule is Cc1nn(C2CCN(C3CN(C4CN(C(=O)OC(C)(C)C)C4)C3)CC2)c2ncnc(N)c12. The summed E-state index contributed by atoms with van der Waals surface area (Å²) in [4.78, 5) is 27.6. The van der Waals surface area contributed by atoms with Gasteiger partial charge >= 0.3 is 6.09 Å². The Labute approximate surface area is 188 Å². The van der Waals surface area contributed by atoms with E-state index in [4.69, 9.17) is 15.6 Å². The van der Waals surface area contributed by atoms with Crippen molar-refractivity contribution in [3.8, 4) is 0 Å². The van der Waals surface area contributed by atoms with E-state index in [1.807, 2.05) is 27.7 Å². The van der Waals surface area contributed by atoms with E-state index in [0.29, 0.717) is 23.9 Å². The third-order valence-corrected chi connectivity index (χ3v) is 6.98. The number of likely N-dealkylation sites (tertiary alicyclic amines) is 3. The first-order valence-electron chi connectivity index (χ1n) is 11.6. The maximum absolute atomic E-state index is 12.1. The zero-order chi connectivity index (χ0) is 22.6. The second kappa shape index (κ2) is 7.84. The van der Waals surface area contributed by atoms with Crippen molar-refractivity contribution in [3.05, 3.63) is 12.0 Å². The highest BCUT2D eigenvalue weighted by atomic mass is 16.6. The molecule has 2 aromatic rings. The number of anilines is 1. The molecule has 1 amide bonds. The van der Waals surface area contributed by atoms with Crippen LogP contribution in [0.1, 0.15) is 45.3 Å². The summed E-state index contributed by atoms with van der Waals surface area (Å²) in [7, 11) is 0. The molecule has 0 atom stereocenters. The van der Waals surface area contributed by atoms with E-state index in [2.05, 4.69) is 24.4 Å². The van der Waals surface area contributed by atoms with Crippen molar-refractivity contribution in [3.63, 3.8) is 0 Å². The van der Waals surface area contributed by atoms with Gasteiger partial charge in [-0.15, -0.1) is 0 Å². The highest BCUT2D eigenvalue weighted by Gasteiger charge is 2.43. The number of aryl methyl sites for hydroxylation is 1. The number of amides is 1. The standard InChI is InChI=1S/C22H34N8O2/c1-14-18-19(23)24-13-25-20(18)30(26-14)15-5-7-27(8-6-15)16-9-28(10-16)17-11-29(12-17)21(31)32-22(2,3)4/h13,15-17H,5-12H2,1-4H3,(H2,23,24,25). The summed E-state index contributed by atoms with van der Waals surface area (Å²) in [6, 6.07) is 1.43. The van der Waals surface area contributed by atoms with E-state index in [1.54, 1.807) is 4.90 Å². The Hall–Kier alpha value is -2.46. The van der Waals surface area contributed by atoms with E-state index >= 15 is 0 Å². The molecule has 0 aromatic carbocycles. The van der Waals surface area contributed by atoms with Crippen LogP contribution in [0, 0.1) is 6.92 Å². The minimum Gasteiger partial charge on any atom is -0.444 e. The topological polar surface area (TPSA) is 106 Å². The average Bonchev–Trinajstić information content (AvgIpc) is 2.99. The fraction of sp³-hybridized carbons (Fsp3) is 0.727. The Balaban J connectivity index is 1.09. The molecule has 2 aromatic heterocycles. The van der Waals surface area contributed by atoms with Gasteiger partial charge in [-0.1, -0.05) is 0 Å². The van der Waals surface area contributed by atoms with Crippen LogP contribution in [0.4, 0.5) is 10.6 Å². The lowest BCUT2D eigenvalue weighted by atomic mass is 9.96. The molecule has 5 heterocycles. The number of nitrogen functional groups attached to an aromatic ring is 1. The van der Waals surface area contributed by atoms with Gasteiger partial charge in [0.1, 0.15) is 17.7 Å². The van der Waals surface area contributed by atoms with Crippen LogP contribution in [0.3, 0.4) is 0 Å². The number of carbonyl (C=O) groups excluding carboxylic acids is 1. The molecule has 5 rings (SSSR count). The summed E-state index contributed by atoms with van der Waals surface area (Å²) >= 11 is 0. The second-order valence-corrected chi connectivity index (χ2v) is 10.4. The Kier molecular flexibility index (Phi) is 5.24. The number of rotatable bonds is 3. The van der Waals surface area contributed by atoms with Gasteiger partial charge in [0, 0.05) is 51.4 Å². The van der Waals surface area contributed by atoms with E-state index in [9.17, 15) is 4.79 Å². The van der Waals surface area contributed by atoms with Gasteiger partial charge in [0.2, 0.25) is 0 Å². The van der Waals surface area contributed by atoms with Crippen molar-refractivity contribution in [2.45, 2.75) is 64.3 Å². The Bertz CT molecular complexity index is 995. The highest BCUT2D eigenvalue weighted by molar-refractivity contribution is 5.87. The third kappa shape index (κ3) is 3.90. The molecule has 174 valence electrons. The van der Waals surface area contributed by atoms with Crippen LogP contribution >= 0.6 is 0 Å². The van der Waals surface area contributed by atoms with Crippen molar-refractivity contribution in [1.29, 1.82) is 0 Å². The number of nitrogens with two attached hydrogens (primary N) is 1. The van der Waals surface area contributed by atoms with Gasteiger partial charge in [-0.05, 0) is 40.5 Å². The lowest BCUT2D eigenvalue weighted by molar-refractivity contribution is -0.0624. The van der Waals surface area contributed by atoms with E-state index in [0.717, 1.165) is 68.8 Å². The fourth-order valence-electron chi connectivity index (χ4n) is 5.10. The molecule has 10 nitrogen and oxygen atoms in total. The van der Waals surface area contributed by atoms with Crippen LogP contribution in [-0.2, 0) is 4.74 Å². The number of ether oxygens (including phenoxy) is 1. The van der Waals surface area contributed by atoms with Crippen LogP contribution in [0.25, 0.3) is 11.0 Å². The van der Waals surface area contributed by atoms with Crippen molar-refractivity contribution >= 4 is 22.9 Å². The number of nitrogens with zero attached hydrogens (tertiary/aromatic N) is 7. The second-order valence-electron chi connectivity index (χ2n) is 10.4. The van der Waals surface area contributed by atoms with Crippen molar-refractivity contribution in [2.24, 2.45) is 0 Å². The smallest absolute Gasteiger partial charge is 0.410 e. The molecule has 10 heteroatoms. The van der Waals surface area contributed by atoms with Crippen LogP contribution < -0.4 is 5.73 Å². The van der Waals surface area contributed by atoms with Crippen LogP contribution in [0.5, 0.6) is 0 Å². The largest absolute Gasteiger partial charge is 0.444 e. The van der Waals surface area contributed by atoms with Gasteiger partial charge in [-0.2, -0.15) is 5.10 Å². The molecule has 3 fully saturated rings. The molecule has 0 radical (unpaired) electrons. The Morgan fingerprint density at radius 1 is 1.03 bits per heavy atom. The highest BCUT2D eigenvalue weighted by Crippen LogP contribution is 2.31. The van der Waals surface area contributed by atoms with Gasteiger partial charge in [0.15, 0.2) is 5.65 Å². The normalized spacial score (nSPS) is 22.2. The number of fused-ring (bicyclic) bond motifs is 1. The van der Waals surface area contributed by atoms with E-state index < -0.39 is 5.60 Å². The van der Waals surface area contributed by atoms with Crippen molar-refractivity contribution in [2.75, 3.05) is 45.0 Å². The first-order valence-corrected chi connectivity index (χ1v) is 11.6. The molecule has 32 heavy (non-hydrogen) atoms. The molecule has 0 spiro atoms. The first-order chi connectivity index (χ1) is 15.2. The summed E-state index contributed by atoms with van der Waals surface area (Å²) in [5.41, 5.74) is 7.36. The van der Waals surface area contributed by atoms with Gasteiger partial charge in [-0.3, -0.25) is 9.80 Å². The number of carbonyl (C=O) groups is 1. The zero-order valence-corrected chi connectivity index (χ0v) is 19.5. The number of hydrogen-bond donors (Lipinski definition) is 1. The van der Waals surface area contributed by atoms with Gasteiger partial charge < -0.3 is 15.4 Å². The minimum absolute atomic E-state index is 0.193. The van der Waals surface area contributed by atoms with Gasteiger partial charge in [0.25, 0.3) is 0 Å². The maximum Gasteiger partial charge on any atom is 0.410 e. The molecule has 0 aliphatic carbocycles. The summed E-state index contributed by atoms with van der Waals surface area (Å²) in [5.74, 6) is 0.506. The molecule has 3 saturated heterocycles. The van der Waals surface area contributed by atoms with Crippen LogP contribution in [0.2, 0.25) is 0 Å². The number of hydrogen-bond acceptors (Lipinski definition) is 8.